The molecule has 1 saturated heterocycles. The van der Waals surface area contributed by atoms with Gasteiger partial charge in [0.1, 0.15) is 17.1 Å². The molecule has 0 aliphatic carbocycles. The molecule has 2 aliphatic rings. The molecule has 8 nitrogen and oxygen atoms in total. The molecule has 1 fully saturated rings. The van der Waals surface area contributed by atoms with Crippen LogP contribution < -0.4 is 0 Å². The van der Waals surface area contributed by atoms with Crippen LogP contribution in [0.4, 0.5) is 0 Å². The molecule has 1 aromatic carbocycles. The number of fused-ring (bicyclic) bond motifs is 1. The number of oxime groups is 1. The lowest BCUT2D eigenvalue weighted by molar-refractivity contribution is -0.137. The number of benzene rings is 1. The normalized spacial score (nSPS) is 21.8. The minimum absolute atomic E-state index is 0.0167. The number of cyclic esters (lactones) is 1. The zero-order valence-electron chi connectivity index (χ0n) is 19.1. The minimum Gasteiger partial charge on any atom is -0.508 e. The van der Waals surface area contributed by atoms with Crippen molar-refractivity contribution in [2.24, 2.45) is 5.16 Å². The molecular formula is C25H32N2O6. The number of carbonyl (C=O) groups excluding carboxylic acids is 2. The van der Waals surface area contributed by atoms with Gasteiger partial charge in [-0.05, 0) is 63.2 Å². The Morgan fingerprint density at radius 2 is 1.91 bits per heavy atom. The SMILES string of the molecule is C/C1=C\C(=N/OCC(=O)N2CCCCC2)Cc2cc(O)cc(O)c2C(=O)OCC/C=C/CC1. The summed E-state index contributed by atoms with van der Waals surface area (Å²) < 4.78 is 5.30. The first-order valence-corrected chi connectivity index (χ1v) is 11.4. The lowest BCUT2D eigenvalue weighted by Gasteiger charge is -2.26. The highest BCUT2D eigenvalue weighted by Gasteiger charge is 2.21. The molecule has 3 rings (SSSR count). The summed E-state index contributed by atoms with van der Waals surface area (Å²) >= 11 is 0. The van der Waals surface area contributed by atoms with Crippen LogP contribution in [0.15, 0.2) is 41.1 Å². The molecule has 2 N–H and O–H groups in total. The fourth-order valence-electron chi connectivity index (χ4n) is 3.95. The second-order valence-corrected chi connectivity index (χ2v) is 8.40. The molecule has 33 heavy (non-hydrogen) atoms. The summed E-state index contributed by atoms with van der Waals surface area (Å²) in [4.78, 5) is 32.2. The lowest BCUT2D eigenvalue weighted by atomic mass is 9.98. The van der Waals surface area contributed by atoms with Gasteiger partial charge in [0.2, 0.25) is 0 Å². The number of piperidine rings is 1. The molecule has 1 aromatic rings. The van der Waals surface area contributed by atoms with Gasteiger partial charge in [0, 0.05) is 25.6 Å². The topological polar surface area (TPSA) is 109 Å². The lowest BCUT2D eigenvalue weighted by Crippen LogP contribution is -2.37. The molecular weight excluding hydrogens is 424 g/mol. The number of phenols is 2. The van der Waals surface area contributed by atoms with Crippen LogP contribution in [-0.2, 0) is 20.8 Å². The van der Waals surface area contributed by atoms with Gasteiger partial charge in [-0.1, -0.05) is 22.9 Å². The Kier molecular flexibility index (Phi) is 8.92. The zero-order valence-corrected chi connectivity index (χ0v) is 19.1. The van der Waals surface area contributed by atoms with Crippen molar-refractivity contribution < 1.29 is 29.4 Å². The molecule has 0 unspecified atom stereocenters. The van der Waals surface area contributed by atoms with Crippen molar-refractivity contribution in [3.63, 3.8) is 0 Å². The van der Waals surface area contributed by atoms with Gasteiger partial charge in [-0.3, -0.25) is 4.79 Å². The van der Waals surface area contributed by atoms with Crippen LogP contribution in [0, 0.1) is 0 Å². The second kappa shape index (κ2) is 12.1. The molecule has 2 aliphatic heterocycles. The van der Waals surface area contributed by atoms with E-state index < -0.39 is 5.97 Å². The van der Waals surface area contributed by atoms with E-state index in [9.17, 15) is 19.8 Å². The number of ether oxygens (including phenoxy) is 1. The van der Waals surface area contributed by atoms with Crippen LogP contribution >= 0.6 is 0 Å². The number of nitrogens with zero attached hydrogens (tertiary/aromatic N) is 2. The summed E-state index contributed by atoms with van der Waals surface area (Å²) in [5, 5.41) is 24.5. The number of phenolic OH excluding ortho intramolecular Hbond substituents is 2. The number of aromatic hydroxyl groups is 2. The van der Waals surface area contributed by atoms with E-state index in [-0.39, 0.29) is 42.6 Å². The first kappa shape index (κ1) is 24.4. The fraction of sp³-hybridized carbons (Fsp3) is 0.480. The molecule has 0 spiro atoms. The average molecular weight is 457 g/mol. The summed E-state index contributed by atoms with van der Waals surface area (Å²) in [6, 6.07) is 2.51. The molecule has 0 saturated carbocycles. The van der Waals surface area contributed by atoms with Crippen LogP contribution in [0.2, 0.25) is 0 Å². The molecule has 2 heterocycles. The number of esters is 1. The van der Waals surface area contributed by atoms with E-state index in [0.717, 1.165) is 56.8 Å². The highest BCUT2D eigenvalue weighted by molar-refractivity contribution is 6.00. The number of hydrogen-bond acceptors (Lipinski definition) is 7. The third-order valence-electron chi connectivity index (χ3n) is 5.64. The first-order valence-electron chi connectivity index (χ1n) is 11.4. The maximum atomic E-state index is 12.6. The van der Waals surface area contributed by atoms with E-state index in [1.54, 1.807) is 4.90 Å². The maximum Gasteiger partial charge on any atom is 0.342 e. The van der Waals surface area contributed by atoms with Crippen molar-refractivity contribution in [1.82, 2.24) is 4.90 Å². The van der Waals surface area contributed by atoms with Gasteiger partial charge < -0.3 is 24.7 Å². The van der Waals surface area contributed by atoms with Crippen molar-refractivity contribution >= 4 is 17.6 Å². The highest BCUT2D eigenvalue weighted by atomic mass is 16.6. The average Bonchev–Trinajstić information content (AvgIpc) is 2.77. The predicted octanol–water partition coefficient (Wildman–Crippen LogP) is 3.87. The molecule has 1 amide bonds. The number of allylic oxidation sites excluding steroid dienone is 3. The van der Waals surface area contributed by atoms with Crippen LogP contribution in [0.1, 0.15) is 61.4 Å². The molecule has 0 aromatic heterocycles. The number of amides is 1. The largest absolute Gasteiger partial charge is 0.508 e. The highest BCUT2D eigenvalue weighted by Crippen LogP contribution is 2.29. The Bertz CT molecular complexity index is 944. The smallest absolute Gasteiger partial charge is 0.342 e. The monoisotopic (exact) mass is 456 g/mol. The van der Waals surface area contributed by atoms with Crippen LogP contribution in [-0.4, -0.2) is 59.0 Å². The van der Waals surface area contributed by atoms with Crippen LogP contribution in [0.3, 0.4) is 0 Å². The summed E-state index contributed by atoms with van der Waals surface area (Å²) in [5.41, 5.74) is 1.87. The molecule has 0 atom stereocenters. The molecule has 178 valence electrons. The van der Waals surface area contributed by atoms with Gasteiger partial charge >= 0.3 is 5.97 Å². The van der Waals surface area contributed by atoms with Crippen molar-refractivity contribution in [1.29, 1.82) is 0 Å². The van der Waals surface area contributed by atoms with Crippen molar-refractivity contribution in [3.05, 3.63) is 47.1 Å². The summed E-state index contributed by atoms with van der Waals surface area (Å²) in [6.07, 6.45) is 11.3. The molecule has 8 heteroatoms. The van der Waals surface area contributed by atoms with Gasteiger partial charge in [-0.25, -0.2) is 4.79 Å². The summed E-state index contributed by atoms with van der Waals surface area (Å²) in [6.45, 7) is 3.47. The Morgan fingerprint density at radius 3 is 2.70 bits per heavy atom. The first-order chi connectivity index (χ1) is 15.9. The summed E-state index contributed by atoms with van der Waals surface area (Å²) in [7, 11) is 0. The minimum atomic E-state index is -0.672. The molecule has 0 bridgehead atoms. The van der Waals surface area contributed by atoms with Crippen molar-refractivity contribution in [2.75, 3.05) is 26.3 Å². The Morgan fingerprint density at radius 1 is 1.15 bits per heavy atom. The van der Waals surface area contributed by atoms with Crippen molar-refractivity contribution in [3.8, 4) is 11.5 Å². The third kappa shape index (κ3) is 7.37. The van der Waals surface area contributed by atoms with Gasteiger partial charge in [0.25, 0.3) is 5.91 Å². The molecule has 0 radical (unpaired) electrons. The Labute approximate surface area is 194 Å². The number of likely N-dealkylation sites (tertiary alicyclic amines) is 1. The maximum absolute atomic E-state index is 12.6. The van der Waals surface area contributed by atoms with Crippen molar-refractivity contribution in [2.45, 2.75) is 51.9 Å². The zero-order chi connectivity index (χ0) is 23.6. The number of rotatable bonds is 3. The van der Waals surface area contributed by atoms with E-state index in [4.69, 9.17) is 9.57 Å². The Balaban J connectivity index is 1.85. The van der Waals surface area contributed by atoms with Gasteiger partial charge in [0.05, 0.1) is 12.3 Å². The second-order valence-electron chi connectivity index (χ2n) is 8.40. The van der Waals surface area contributed by atoms with Crippen LogP contribution in [0.25, 0.3) is 0 Å². The number of hydrogen-bond donors (Lipinski definition) is 2. The van der Waals surface area contributed by atoms with E-state index >= 15 is 0 Å². The summed E-state index contributed by atoms with van der Waals surface area (Å²) in [5.74, 6) is -1.32. The fourth-order valence-corrected chi connectivity index (χ4v) is 3.95. The third-order valence-corrected chi connectivity index (χ3v) is 5.64. The Hall–Kier alpha value is -3.29. The standard InChI is InChI=1S/C25H32N2O6/c1-18-9-5-2-3-8-12-32-25(31)24-19(15-21(28)16-22(24)29)14-20(13-18)26-33-17-23(30)27-10-6-4-7-11-27/h2-3,13,15-16,28-29H,4-12,14,17H2,1H3/b3-2+,18-13+,26-20+. The van der Waals surface area contributed by atoms with E-state index in [0.29, 0.717) is 17.7 Å². The van der Waals surface area contributed by atoms with E-state index in [1.807, 2.05) is 25.2 Å². The van der Waals surface area contributed by atoms with E-state index in [2.05, 4.69) is 5.16 Å². The predicted molar refractivity (Wildman–Crippen MR) is 124 cm³/mol. The van der Waals surface area contributed by atoms with Crippen LogP contribution in [0.5, 0.6) is 11.5 Å². The van der Waals surface area contributed by atoms with Gasteiger partial charge in [-0.15, -0.1) is 0 Å². The van der Waals surface area contributed by atoms with Gasteiger partial charge in [-0.2, -0.15) is 0 Å². The quantitative estimate of drug-likeness (QED) is 0.406. The van der Waals surface area contributed by atoms with E-state index in [1.165, 1.54) is 6.07 Å². The number of carbonyl (C=O) groups is 2. The van der Waals surface area contributed by atoms with Gasteiger partial charge in [0.15, 0.2) is 6.61 Å².